The van der Waals surface area contributed by atoms with Gasteiger partial charge in [-0.05, 0) is 35.8 Å². The Labute approximate surface area is 124 Å². The Bertz CT molecular complexity index is 764. The highest BCUT2D eigenvalue weighted by atomic mass is 79.9. The van der Waals surface area contributed by atoms with E-state index in [2.05, 4.69) is 20.9 Å². The summed E-state index contributed by atoms with van der Waals surface area (Å²) in [7, 11) is 0. The van der Waals surface area contributed by atoms with Crippen LogP contribution < -0.4 is 17.0 Å². The van der Waals surface area contributed by atoms with Gasteiger partial charge in [0, 0.05) is 36.7 Å². The fourth-order valence-corrected chi connectivity index (χ4v) is 2.28. The van der Waals surface area contributed by atoms with Gasteiger partial charge in [-0.25, -0.2) is 4.79 Å². The molecule has 0 spiro atoms. The van der Waals surface area contributed by atoms with Crippen LogP contribution in [0.1, 0.15) is 11.4 Å². The highest BCUT2D eigenvalue weighted by Gasteiger charge is 2.09. The van der Waals surface area contributed by atoms with Crippen LogP contribution in [0.15, 0.2) is 32.4 Å². The third-order valence-electron chi connectivity index (χ3n) is 3.11. The van der Waals surface area contributed by atoms with Crippen LogP contribution in [-0.4, -0.2) is 14.1 Å². The first-order valence-electron chi connectivity index (χ1n) is 6.09. The Morgan fingerprint density at radius 2 is 1.95 bits per heavy atom. The molecule has 0 bridgehead atoms. The smallest absolute Gasteiger partial charge is 0.348 e. The van der Waals surface area contributed by atoms with Crippen LogP contribution in [0.5, 0.6) is 0 Å². The summed E-state index contributed by atoms with van der Waals surface area (Å²) in [4.78, 5) is 27.5. The van der Waals surface area contributed by atoms with Gasteiger partial charge in [0.15, 0.2) is 0 Å². The predicted molar refractivity (Wildman–Crippen MR) is 80.8 cm³/mol. The number of nitrogens with two attached hydrogens (primary N) is 1. The lowest BCUT2D eigenvalue weighted by atomic mass is 10.3. The maximum absolute atomic E-state index is 11.9. The van der Waals surface area contributed by atoms with E-state index in [0.29, 0.717) is 24.5 Å². The van der Waals surface area contributed by atoms with Crippen LogP contribution >= 0.6 is 15.9 Å². The van der Waals surface area contributed by atoms with Crippen molar-refractivity contribution >= 4 is 21.6 Å². The van der Waals surface area contributed by atoms with Crippen molar-refractivity contribution < 1.29 is 0 Å². The van der Waals surface area contributed by atoms with Crippen molar-refractivity contribution in [2.24, 2.45) is 0 Å². The molecule has 106 valence electrons. The number of pyridine rings is 1. The van der Waals surface area contributed by atoms with Gasteiger partial charge in [-0.15, -0.1) is 0 Å². The Morgan fingerprint density at radius 3 is 2.65 bits per heavy atom. The van der Waals surface area contributed by atoms with E-state index in [1.165, 1.54) is 15.2 Å². The maximum Gasteiger partial charge on any atom is 0.348 e. The molecule has 2 aromatic rings. The summed E-state index contributed by atoms with van der Waals surface area (Å²) in [6, 6.07) is 2.97. The lowest BCUT2D eigenvalue weighted by Gasteiger charge is -2.13. The minimum absolute atomic E-state index is 0.149. The van der Waals surface area contributed by atoms with Gasteiger partial charge in [-0.2, -0.15) is 4.98 Å². The molecule has 0 fully saturated rings. The van der Waals surface area contributed by atoms with Crippen molar-refractivity contribution in [1.29, 1.82) is 0 Å². The van der Waals surface area contributed by atoms with E-state index in [0.717, 1.165) is 10.2 Å². The van der Waals surface area contributed by atoms with Crippen LogP contribution in [0.25, 0.3) is 0 Å². The number of nitrogens with zero attached hydrogens (tertiary/aromatic N) is 3. The van der Waals surface area contributed by atoms with E-state index in [1.807, 2.05) is 6.92 Å². The van der Waals surface area contributed by atoms with Crippen LogP contribution in [0.4, 0.5) is 5.69 Å². The van der Waals surface area contributed by atoms with Crippen molar-refractivity contribution in [3.05, 3.63) is 55.0 Å². The summed E-state index contributed by atoms with van der Waals surface area (Å²) < 4.78 is 3.82. The molecule has 0 atom stereocenters. The minimum atomic E-state index is -0.319. The SMILES string of the molecule is Cc1nc(=O)n(CCn2cc(N)ccc2=O)c(C)c1Br. The monoisotopic (exact) mass is 338 g/mol. The zero-order valence-electron chi connectivity index (χ0n) is 11.3. The lowest BCUT2D eigenvalue weighted by molar-refractivity contribution is 0.532. The first-order chi connectivity index (χ1) is 9.40. The molecule has 0 aliphatic rings. The molecule has 0 amide bonds. The summed E-state index contributed by atoms with van der Waals surface area (Å²) in [6.07, 6.45) is 1.57. The predicted octanol–water partition coefficient (Wildman–Crippen LogP) is 1.07. The number of aromatic nitrogens is 3. The number of anilines is 1. The van der Waals surface area contributed by atoms with Crippen LogP contribution in [0, 0.1) is 13.8 Å². The molecule has 20 heavy (non-hydrogen) atoms. The number of rotatable bonds is 3. The molecule has 0 saturated carbocycles. The van der Waals surface area contributed by atoms with E-state index in [4.69, 9.17) is 5.73 Å². The third-order valence-corrected chi connectivity index (χ3v) is 4.25. The van der Waals surface area contributed by atoms with Crippen LogP contribution in [0.2, 0.25) is 0 Å². The average molecular weight is 339 g/mol. The first-order valence-corrected chi connectivity index (χ1v) is 6.89. The number of hydrogen-bond acceptors (Lipinski definition) is 4. The summed E-state index contributed by atoms with van der Waals surface area (Å²) in [5.41, 5.74) is 7.14. The molecule has 0 radical (unpaired) electrons. The molecule has 2 rings (SSSR count). The second-order valence-corrected chi connectivity index (χ2v) is 5.32. The van der Waals surface area contributed by atoms with Gasteiger partial charge in [0.2, 0.25) is 0 Å². The number of halogens is 1. The summed E-state index contributed by atoms with van der Waals surface area (Å²) in [5, 5.41) is 0. The van der Waals surface area contributed by atoms with Crippen LogP contribution in [0.3, 0.4) is 0 Å². The van der Waals surface area contributed by atoms with Crippen molar-refractivity contribution in [2.75, 3.05) is 5.73 Å². The standard InChI is InChI=1S/C13H15BrN4O2/c1-8-12(14)9(2)18(13(20)16-8)6-5-17-7-10(15)3-4-11(17)19/h3-4,7H,5-6,15H2,1-2H3. The molecule has 2 N–H and O–H groups in total. The molecule has 6 nitrogen and oxygen atoms in total. The second-order valence-electron chi connectivity index (χ2n) is 4.52. The molecule has 0 saturated heterocycles. The van der Waals surface area contributed by atoms with Gasteiger partial charge >= 0.3 is 5.69 Å². The summed E-state index contributed by atoms with van der Waals surface area (Å²) >= 11 is 3.41. The first kappa shape index (κ1) is 14.5. The Kier molecular flexibility index (Phi) is 4.08. The number of aryl methyl sites for hydroxylation is 2. The van der Waals surface area contributed by atoms with E-state index in [1.54, 1.807) is 19.2 Å². The Hall–Kier alpha value is -1.89. The fourth-order valence-electron chi connectivity index (χ4n) is 1.97. The highest BCUT2D eigenvalue weighted by molar-refractivity contribution is 9.10. The van der Waals surface area contributed by atoms with Crippen molar-refractivity contribution in [3.8, 4) is 0 Å². The maximum atomic E-state index is 11.9. The Balaban J connectivity index is 2.32. The molecular formula is C13H15BrN4O2. The van der Waals surface area contributed by atoms with Crippen LogP contribution in [-0.2, 0) is 13.1 Å². The van der Waals surface area contributed by atoms with E-state index in [9.17, 15) is 9.59 Å². The third kappa shape index (κ3) is 2.82. The van der Waals surface area contributed by atoms with Gasteiger partial charge < -0.3 is 10.3 Å². The summed E-state index contributed by atoms with van der Waals surface area (Å²) in [5.74, 6) is 0. The summed E-state index contributed by atoms with van der Waals surface area (Å²) in [6.45, 7) is 4.33. The van der Waals surface area contributed by atoms with Gasteiger partial charge in [-0.3, -0.25) is 9.36 Å². The zero-order chi connectivity index (χ0) is 14.9. The van der Waals surface area contributed by atoms with Gasteiger partial charge in [0.05, 0.1) is 10.2 Å². The molecular weight excluding hydrogens is 324 g/mol. The normalized spacial score (nSPS) is 10.8. The molecule has 0 aromatic carbocycles. The van der Waals surface area contributed by atoms with Crippen molar-refractivity contribution in [2.45, 2.75) is 26.9 Å². The van der Waals surface area contributed by atoms with E-state index < -0.39 is 0 Å². The van der Waals surface area contributed by atoms with E-state index >= 15 is 0 Å². The fraction of sp³-hybridized carbons (Fsp3) is 0.308. The average Bonchev–Trinajstić information content (AvgIpc) is 2.40. The van der Waals surface area contributed by atoms with Gasteiger partial charge in [-0.1, -0.05) is 0 Å². The molecule has 0 aliphatic heterocycles. The topological polar surface area (TPSA) is 82.9 Å². The molecule has 2 heterocycles. The van der Waals surface area contributed by atoms with Gasteiger partial charge in [0.1, 0.15) is 0 Å². The quantitative estimate of drug-likeness (QED) is 0.907. The Morgan fingerprint density at radius 1 is 1.25 bits per heavy atom. The molecule has 2 aromatic heterocycles. The number of hydrogen-bond donors (Lipinski definition) is 1. The largest absolute Gasteiger partial charge is 0.398 e. The molecule has 0 aliphatic carbocycles. The zero-order valence-corrected chi connectivity index (χ0v) is 12.8. The second kappa shape index (κ2) is 5.62. The van der Waals surface area contributed by atoms with E-state index in [-0.39, 0.29) is 11.2 Å². The van der Waals surface area contributed by atoms with Crippen molar-refractivity contribution in [1.82, 2.24) is 14.1 Å². The minimum Gasteiger partial charge on any atom is -0.398 e. The number of nitrogen functional groups attached to an aromatic ring is 1. The van der Waals surface area contributed by atoms with Crippen molar-refractivity contribution in [3.63, 3.8) is 0 Å². The molecule has 7 heteroatoms. The molecule has 0 unspecified atom stereocenters. The lowest BCUT2D eigenvalue weighted by Crippen LogP contribution is -2.30. The highest BCUT2D eigenvalue weighted by Crippen LogP contribution is 2.16. The van der Waals surface area contributed by atoms with Gasteiger partial charge in [0.25, 0.3) is 5.56 Å².